The zero-order valence-corrected chi connectivity index (χ0v) is 11.7. The van der Waals surface area contributed by atoms with Crippen LogP contribution in [0.25, 0.3) is 0 Å². The number of hydrogen-bond acceptors (Lipinski definition) is 2. The van der Waals surface area contributed by atoms with Crippen LogP contribution in [-0.4, -0.2) is 11.2 Å². The molecule has 1 aromatic heterocycles. The monoisotopic (exact) mass is 298 g/mol. The maximum Gasteiger partial charge on any atom is 0.387 e. The van der Waals surface area contributed by atoms with Gasteiger partial charge in [-0.1, -0.05) is 6.92 Å². The zero-order chi connectivity index (χ0) is 15.2. The van der Waals surface area contributed by atoms with Crippen molar-refractivity contribution in [2.24, 2.45) is 0 Å². The van der Waals surface area contributed by atoms with Crippen LogP contribution in [0.1, 0.15) is 18.9 Å². The van der Waals surface area contributed by atoms with E-state index < -0.39 is 18.2 Å². The van der Waals surface area contributed by atoms with E-state index in [2.05, 4.69) is 21.5 Å². The van der Waals surface area contributed by atoms with Crippen molar-refractivity contribution in [1.29, 1.82) is 0 Å². The van der Waals surface area contributed by atoms with Gasteiger partial charge in [-0.25, -0.2) is 4.39 Å². The number of nitrogens with zero attached hydrogens (tertiary/aromatic N) is 1. The molecule has 0 aliphatic rings. The predicted molar refractivity (Wildman–Crippen MR) is 75.1 cm³/mol. The third-order valence-electron chi connectivity index (χ3n) is 2.94. The molecule has 0 bridgehead atoms. The van der Waals surface area contributed by atoms with Gasteiger partial charge in [-0.3, -0.25) is 0 Å². The van der Waals surface area contributed by atoms with Crippen LogP contribution in [0.3, 0.4) is 0 Å². The number of anilines is 1. The van der Waals surface area contributed by atoms with Crippen molar-refractivity contribution in [1.82, 2.24) is 4.57 Å². The molecule has 0 radical (unpaired) electrons. The Labute approximate surface area is 121 Å². The highest BCUT2D eigenvalue weighted by Crippen LogP contribution is 2.23. The molecule has 0 aliphatic heterocycles. The average molecular weight is 298 g/mol. The van der Waals surface area contributed by atoms with E-state index >= 15 is 0 Å². The van der Waals surface area contributed by atoms with Crippen LogP contribution < -0.4 is 10.1 Å². The second-order valence-electron chi connectivity index (χ2n) is 4.63. The van der Waals surface area contributed by atoms with Crippen LogP contribution in [0, 0.1) is 5.82 Å². The summed E-state index contributed by atoms with van der Waals surface area (Å²) < 4.78 is 43.7. The van der Waals surface area contributed by atoms with Crippen LogP contribution in [-0.2, 0) is 13.1 Å². The molecule has 1 heterocycles. The molecule has 21 heavy (non-hydrogen) atoms. The maximum atomic E-state index is 13.5. The van der Waals surface area contributed by atoms with Crippen LogP contribution in [0.5, 0.6) is 5.75 Å². The number of alkyl halides is 2. The van der Waals surface area contributed by atoms with E-state index in [0.717, 1.165) is 24.6 Å². The predicted octanol–water partition coefficient (Wildman–Crippen LogP) is 4.25. The number of benzene rings is 1. The van der Waals surface area contributed by atoms with Gasteiger partial charge in [0.15, 0.2) is 11.6 Å². The van der Waals surface area contributed by atoms with Crippen molar-refractivity contribution in [2.45, 2.75) is 33.0 Å². The Balaban J connectivity index is 1.94. The molecule has 0 saturated carbocycles. The molecule has 0 saturated heterocycles. The molecule has 1 N–H and O–H groups in total. The number of aryl methyl sites for hydroxylation is 1. The van der Waals surface area contributed by atoms with Crippen molar-refractivity contribution < 1.29 is 17.9 Å². The van der Waals surface area contributed by atoms with Crippen LogP contribution in [0.15, 0.2) is 36.7 Å². The first-order valence-corrected chi connectivity index (χ1v) is 6.71. The number of nitrogens with one attached hydrogen (secondary N) is 1. The largest absolute Gasteiger partial charge is 0.432 e. The lowest BCUT2D eigenvalue weighted by Crippen LogP contribution is -2.04. The highest BCUT2D eigenvalue weighted by Gasteiger charge is 2.10. The lowest BCUT2D eigenvalue weighted by Gasteiger charge is -2.09. The minimum atomic E-state index is -3.03. The summed E-state index contributed by atoms with van der Waals surface area (Å²) in [5.74, 6) is -1.27. The van der Waals surface area contributed by atoms with Crippen LogP contribution >= 0.6 is 0 Å². The lowest BCUT2D eigenvalue weighted by atomic mass is 10.2. The molecule has 0 unspecified atom stereocenters. The number of hydrogen-bond donors (Lipinski definition) is 1. The summed E-state index contributed by atoms with van der Waals surface area (Å²) in [4.78, 5) is 0. The van der Waals surface area contributed by atoms with Gasteiger partial charge in [0.1, 0.15) is 0 Å². The van der Waals surface area contributed by atoms with E-state index in [0.29, 0.717) is 12.2 Å². The minimum absolute atomic E-state index is 0.454. The van der Waals surface area contributed by atoms with E-state index in [4.69, 9.17) is 0 Å². The summed E-state index contributed by atoms with van der Waals surface area (Å²) in [6.07, 6.45) is 5.06. The fourth-order valence-corrected chi connectivity index (χ4v) is 2.00. The van der Waals surface area contributed by atoms with E-state index in [1.165, 1.54) is 12.1 Å². The van der Waals surface area contributed by atoms with Crippen LogP contribution in [0.4, 0.5) is 18.9 Å². The molecule has 0 fully saturated rings. The topological polar surface area (TPSA) is 26.2 Å². The average Bonchev–Trinajstić information content (AvgIpc) is 2.87. The SMILES string of the molecule is CCCn1ccc(CNc2ccc(OC(F)F)c(F)c2)c1. The number of rotatable bonds is 7. The Morgan fingerprint density at radius 2 is 2.10 bits per heavy atom. The van der Waals surface area contributed by atoms with Gasteiger partial charge in [-0.2, -0.15) is 8.78 Å². The Morgan fingerprint density at radius 3 is 2.76 bits per heavy atom. The Bertz CT molecular complexity index is 584. The highest BCUT2D eigenvalue weighted by molar-refractivity contribution is 5.47. The highest BCUT2D eigenvalue weighted by atomic mass is 19.3. The molecule has 0 amide bonds. The second-order valence-corrected chi connectivity index (χ2v) is 4.63. The van der Waals surface area contributed by atoms with E-state index in [1.807, 2.05) is 18.5 Å². The maximum absolute atomic E-state index is 13.5. The summed E-state index contributed by atoms with van der Waals surface area (Å²) in [5, 5.41) is 3.04. The van der Waals surface area contributed by atoms with Gasteiger partial charge in [0, 0.05) is 37.2 Å². The molecule has 0 aliphatic carbocycles. The van der Waals surface area contributed by atoms with E-state index in [1.54, 1.807) is 0 Å². The number of halogens is 3. The molecule has 0 spiro atoms. The number of ether oxygens (including phenoxy) is 1. The summed E-state index contributed by atoms with van der Waals surface area (Å²) in [5.41, 5.74) is 1.58. The molecule has 1 aromatic carbocycles. The van der Waals surface area contributed by atoms with Crippen molar-refractivity contribution in [3.63, 3.8) is 0 Å². The fourth-order valence-electron chi connectivity index (χ4n) is 2.00. The minimum Gasteiger partial charge on any atom is -0.432 e. The van der Waals surface area contributed by atoms with Gasteiger partial charge in [0.2, 0.25) is 0 Å². The third-order valence-corrected chi connectivity index (χ3v) is 2.94. The molecule has 2 rings (SSSR count). The number of aromatic nitrogens is 1. The van der Waals surface area contributed by atoms with Gasteiger partial charge >= 0.3 is 6.61 Å². The molecule has 114 valence electrons. The first-order valence-electron chi connectivity index (χ1n) is 6.71. The van der Waals surface area contributed by atoms with Gasteiger partial charge in [0.25, 0.3) is 0 Å². The summed E-state index contributed by atoms with van der Waals surface area (Å²) in [7, 11) is 0. The standard InChI is InChI=1S/C15H17F3N2O/c1-2-6-20-7-5-11(10-20)9-19-12-3-4-14(13(16)8-12)21-15(17)18/h3-5,7-8,10,15,19H,2,6,9H2,1H3. The molecular weight excluding hydrogens is 281 g/mol. The summed E-state index contributed by atoms with van der Waals surface area (Å²) in [6.45, 7) is 0.556. The normalized spacial score (nSPS) is 10.9. The Hall–Kier alpha value is -2.11. The van der Waals surface area contributed by atoms with E-state index in [9.17, 15) is 13.2 Å². The summed E-state index contributed by atoms with van der Waals surface area (Å²) >= 11 is 0. The lowest BCUT2D eigenvalue weighted by molar-refractivity contribution is -0.0521. The first-order chi connectivity index (χ1) is 10.1. The van der Waals surface area contributed by atoms with Gasteiger partial charge < -0.3 is 14.6 Å². The first kappa shape index (κ1) is 15.3. The van der Waals surface area contributed by atoms with Gasteiger partial charge in [0.05, 0.1) is 0 Å². The van der Waals surface area contributed by atoms with Crippen molar-refractivity contribution in [2.75, 3.05) is 5.32 Å². The van der Waals surface area contributed by atoms with Crippen molar-refractivity contribution in [3.05, 3.63) is 48.0 Å². The van der Waals surface area contributed by atoms with E-state index in [-0.39, 0.29) is 0 Å². The van der Waals surface area contributed by atoms with Crippen molar-refractivity contribution >= 4 is 5.69 Å². The quantitative estimate of drug-likeness (QED) is 0.827. The molecule has 6 heteroatoms. The van der Waals surface area contributed by atoms with Crippen LogP contribution in [0.2, 0.25) is 0 Å². The smallest absolute Gasteiger partial charge is 0.387 e. The third kappa shape index (κ3) is 4.44. The zero-order valence-electron chi connectivity index (χ0n) is 11.7. The second kappa shape index (κ2) is 7.06. The fraction of sp³-hybridized carbons (Fsp3) is 0.333. The van der Waals surface area contributed by atoms with Gasteiger partial charge in [-0.15, -0.1) is 0 Å². The molecule has 3 nitrogen and oxygen atoms in total. The Morgan fingerprint density at radius 1 is 1.29 bits per heavy atom. The molecular formula is C15H17F3N2O. The van der Waals surface area contributed by atoms with Crippen molar-refractivity contribution in [3.8, 4) is 5.75 Å². The molecule has 0 atom stereocenters. The Kier molecular flexibility index (Phi) is 5.14. The van der Waals surface area contributed by atoms with Gasteiger partial charge in [-0.05, 0) is 30.2 Å². The summed E-state index contributed by atoms with van der Waals surface area (Å²) in [6, 6.07) is 5.81. The molecule has 2 aromatic rings.